The Morgan fingerprint density at radius 2 is 1.62 bits per heavy atom. The minimum absolute atomic E-state index is 0.144. The molecule has 0 unspecified atom stereocenters. The highest BCUT2D eigenvalue weighted by Gasteiger charge is 2.74. The van der Waals surface area contributed by atoms with Gasteiger partial charge in [0.05, 0.1) is 30.7 Å². The van der Waals surface area contributed by atoms with Crippen molar-refractivity contribution < 1.29 is 33.8 Å². The van der Waals surface area contributed by atoms with Gasteiger partial charge < -0.3 is 29.7 Å². The third-order valence-corrected chi connectivity index (χ3v) is 10.9. The lowest BCUT2D eigenvalue weighted by atomic mass is 9.74. The zero-order chi connectivity index (χ0) is 37.4. The van der Waals surface area contributed by atoms with Crippen molar-refractivity contribution in [2.45, 2.75) is 109 Å². The normalized spacial score (nSPS) is 31.0. The predicted molar refractivity (Wildman–Crippen MR) is 196 cm³/mol. The number of allylic oxidation sites excluding steroid dienone is 1. The number of cyclic esters (lactones) is 1. The first-order valence-electron chi connectivity index (χ1n) is 18.5. The second-order valence-corrected chi connectivity index (χ2v) is 16.6. The number of likely N-dealkylation sites (tertiary alicyclic amines) is 1. The van der Waals surface area contributed by atoms with Crippen LogP contribution in [0.15, 0.2) is 85.0 Å². The third kappa shape index (κ3) is 7.20. The van der Waals surface area contributed by atoms with Crippen LogP contribution in [0.4, 0.5) is 0 Å². The van der Waals surface area contributed by atoms with E-state index in [0.717, 1.165) is 5.56 Å². The van der Waals surface area contributed by atoms with Crippen molar-refractivity contribution in [3.05, 3.63) is 96.1 Å². The summed E-state index contributed by atoms with van der Waals surface area (Å²) in [7, 11) is 0. The molecule has 2 saturated heterocycles. The lowest BCUT2D eigenvalue weighted by Gasteiger charge is -2.46. The van der Waals surface area contributed by atoms with Crippen molar-refractivity contribution in [2.24, 2.45) is 17.3 Å². The van der Waals surface area contributed by atoms with E-state index in [-0.39, 0.29) is 30.2 Å². The molecule has 0 radical (unpaired) electrons. The van der Waals surface area contributed by atoms with Gasteiger partial charge in [-0.2, -0.15) is 0 Å². The first-order valence-corrected chi connectivity index (χ1v) is 18.5. The molecule has 5 bridgehead atoms. The molecule has 52 heavy (non-hydrogen) atoms. The molecule has 8 atom stereocenters. The molecule has 10 heteroatoms. The summed E-state index contributed by atoms with van der Waals surface area (Å²) < 4.78 is 13.0. The average molecular weight is 712 g/mol. The van der Waals surface area contributed by atoms with E-state index in [0.29, 0.717) is 24.8 Å². The maximum Gasteiger partial charge on any atom is 0.313 e. The van der Waals surface area contributed by atoms with Gasteiger partial charge in [-0.05, 0) is 56.6 Å². The van der Waals surface area contributed by atoms with Crippen LogP contribution >= 0.6 is 0 Å². The summed E-state index contributed by atoms with van der Waals surface area (Å²) in [5.74, 6) is -3.69. The molecule has 278 valence electrons. The van der Waals surface area contributed by atoms with Gasteiger partial charge in [0.15, 0.2) is 0 Å². The Morgan fingerprint density at radius 3 is 2.27 bits per heavy atom. The van der Waals surface area contributed by atoms with Gasteiger partial charge in [0, 0.05) is 18.5 Å². The van der Waals surface area contributed by atoms with Gasteiger partial charge in [-0.15, -0.1) is 0 Å². The molecule has 2 fully saturated rings. The number of nitrogens with one attached hydrogen (secondary N) is 1. The summed E-state index contributed by atoms with van der Waals surface area (Å²) in [6.45, 7) is 12.1. The van der Waals surface area contributed by atoms with Crippen LogP contribution in [0, 0.1) is 17.3 Å². The number of benzene rings is 2. The van der Waals surface area contributed by atoms with Crippen LogP contribution in [0.25, 0.3) is 0 Å². The Labute approximate surface area is 307 Å². The van der Waals surface area contributed by atoms with E-state index in [2.05, 4.69) is 26.1 Å². The molecule has 10 nitrogen and oxygen atoms in total. The van der Waals surface area contributed by atoms with Gasteiger partial charge in [-0.3, -0.25) is 19.2 Å². The predicted octanol–water partition coefficient (Wildman–Crippen LogP) is 4.92. The molecule has 3 amide bonds. The first kappa shape index (κ1) is 37.5. The van der Waals surface area contributed by atoms with E-state index < -0.39 is 71.8 Å². The number of carbonyl (C=O) groups excluding carboxylic acids is 4. The van der Waals surface area contributed by atoms with E-state index in [1.54, 1.807) is 24.0 Å². The van der Waals surface area contributed by atoms with E-state index in [9.17, 15) is 14.7 Å². The molecule has 0 aromatic heterocycles. The van der Waals surface area contributed by atoms with E-state index >= 15 is 9.59 Å². The van der Waals surface area contributed by atoms with Crippen LogP contribution < -0.4 is 5.32 Å². The van der Waals surface area contributed by atoms with Crippen molar-refractivity contribution >= 4 is 23.7 Å². The Balaban J connectivity index is 1.48. The van der Waals surface area contributed by atoms with Crippen molar-refractivity contribution in [3.8, 4) is 0 Å². The number of nitrogens with zero attached hydrogens (tertiary/aromatic N) is 2. The molecular weight excluding hydrogens is 658 g/mol. The molecule has 4 aliphatic rings. The summed E-state index contributed by atoms with van der Waals surface area (Å²) in [5.41, 5.74) is -0.675. The minimum Gasteiger partial charge on any atom is -0.455 e. The first-order chi connectivity index (χ1) is 24.7. The molecule has 6 rings (SSSR count). The van der Waals surface area contributed by atoms with Gasteiger partial charge in [0.25, 0.3) is 0 Å². The summed E-state index contributed by atoms with van der Waals surface area (Å²) >= 11 is 0. The molecule has 1 spiro atoms. The number of aliphatic hydroxyl groups excluding tert-OH is 1. The molecular formula is C42H53N3O7. The number of esters is 1. The van der Waals surface area contributed by atoms with Crippen LogP contribution in [0.2, 0.25) is 0 Å². The van der Waals surface area contributed by atoms with E-state index in [1.165, 1.54) is 4.90 Å². The lowest BCUT2D eigenvalue weighted by molar-refractivity contribution is -0.162. The topological polar surface area (TPSA) is 125 Å². The molecule has 0 aliphatic carbocycles. The number of rotatable bonds is 7. The zero-order valence-electron chi connectivity index (χ0n) is 31.2. The summed E-state index contributed by atoms with van der Waals surface area (Å²) in [4.78, 5) is 61.3. The SMILES string of the molecule is C[C@@H]1NC(=O)CC/C=C\CN(C(C)(C)CC(C)(C)C)C(=O)[C@H]2N([C@@H](CO)Cc3ccccc3)C(=O)[C@@H]3[C@@H](C(=O)O[C@H]1c1ccccc1)[C@H]1C=C[C@]32O1. The van der Waals surface area contributed by atoms with Crippen molar-refractivity contribution in [2.75, 3.05) is 13.2 Å². The molecule has 2 aromatic rings. The second-order valence-electron chi connectivity index (χ2n) is 16.6. The number of amides is 3. The molecule has 4 aliphatic heterocycles. The van der Waals surface area contributed by atoms with Gasteiger partial charge >= 0.3 is 5.97 Å². The van der Waals surface area contributed by atoms with Gasteiger partial charge in [-0.25, -0.2) is 0 Å². The fourth-order valence-corrected chi connectivity index (χ4v) is 9.08. The van der Waals surface area contributed by atoms with Crippen LogP contribution in [-0.4, -0.2) is 87.1 Å². The highest BCUT2D eigenvalue weighted by Crippen LogP contribution is 2.57. The fourth-order valence-electron chi connectivity index (χ4n) is 9.08. The zero-order valence-corrected chi connectivity index (χ0v) is 31.2. The van der Waals surface area contributed by atoms with Crippen molar-refractivity contribution in [1.82, 2.24) is 15.1 Å². The Morgan fingerprint density at radius 1 is 0.942 bits per heavy atom. The maximum atomic E-state index is 15.4. The maximum absolute atomic E-state index is 15.4. The largest absolute Gasteiger partial charge is 0.455 e. The molecule has 2 N–H and O–H groups in total. The third-order valence-electron chi connectivity index (χ3n) is 10.9. The molecule has 4 heterocycles. The van der Waals surface area contributed by atoms with Crippen LogP contribution in [0.5, 0.6) is 0 Å². The number of hydrogen-bond donors (Lipinski definition) is 2. The molecule has 2 aromatic carbocycles. The highest BCUT2D eigenvalue weighted by molar-refractivity contribution is 5.99. The van der Waals surface area contributed by atoms with E-state index in [1.807, 2.05) is 86.7 Å². The van der Waals surface area contributed by atoms with Crippen molar-refractivity contribution in [3.63, 3.8) is 0 Å². The van der Waals surface area contributed by atoms with Crippen molar-refractivity contribution in [1.29, 1.82) is 0 Å². The van der Waals surface area contributed by atoms with Gasteiger partial charge in [0.2, 0.25) is 17.7 Å². The summed E-state index contributed by atoms with van der Waals surface area (Å²) in [5, 5.41) is 14.0. The Kier molecular flexibility index (Phi) is 10.5. The van der Waals surface area contributed by atoms with Crippen LogP contribution in [0.1, 0.15) is 78.0 Å². The van der Waals surface area contributed by atoms with Gasteiger partial charge in [0.1, 0.15) is 23.7 Å². The summed E-state index contributed by atoms with van der Waals surface area (Å²) in [6, 6.07) is 16.3. The standard InChI is InChI=1S/C42H53N3O7/c1-27-35(29-18-12-8-13-19-29)51-39(50)33-31-21-22-42(52-31)34(33)37(48)45(30(25-46)24-28-16-10-7-11-17-28)36(42)38(49)44(41(5,6)26-40(2,3)4)23-15-9-14-20-32(47)43-27/h7-13,15-19,21-22,27,30-31,33-36,46H,14,20,23-26H2,1-6H3,(H,43,47)/b15-9-/t27-,30+,31+,33-,34-,35+,36+,42-/m0/s1. The average Bonchev–Trinajstić information content (AvgIpc) is 3.74. The monoisotopic (exact) mass is 711 g/mol. The van der Waals surface area contributed by atoms with Crippen LogP contribution in [-0.2, 0) is 35.1 Å². The number of hydrogen-bond acceptors (Lipinski definition) is 7. The lowest BCUT2D eigenvalue weighted by Crippen LogP contribution is -2.62. The number of carbonyl (C=O) groups is 4. The Bertz CT molecular complexity index is 1700. The quantitative estimate of drug-likeness (QED) is 0.309. The highest BCUT2D eigenvalue weighted by atomic mass is 16.6. The number of fused-ring (bicyclic) bond motifs is 2. The summed E-state index contributed by atoms with van der Waals surface area (Å²) in [6.07, 6.45) is 7.35. The fraction of sp³-hybridized carbons (Fsp3) is 0.524. The second kappa shape index (κ2) is 14.6. The smallest absolute Gasteiger partial charge is 0.313 e. The van der Waals surface area contributed by atoms with Gasteiger partial charge in [-0.1, -0.05) is 106 Å². The minimum atomic E-state index is -1.46. The van der Waals surface area contributed by atoms with E-state index in [4.69, 9.17) is 9.47 Å². The number of ether oxygens (including phenoxy) is 2. The van der Waals surface area contributed by atoms with Crippen LogP contribution in [0.3, 0.4) is 0 Å². The Hall–Kier alpha value is -4.28. The number of aliphatic hydroxyl groups is 1. The molecule has 0 saturated carbocycles.